The summed E-state index contributed by atoms with van der Waals surface area (Å²) >= 11 is 0. The van der Waals surface area contributed by atoms with Gasteiger partial charge in [0.05, 0.1) is 0 Å². The molecule has 1 aliphatic rings. The van der Waals surface area contributed by atoms with Crippen LogP contribution in [0.3, 0.4) is 0 Å². The lowest BCUT2D eigenvalue weighted by atomic mass is 9.79. The van der Waals surface area contributed by atoms with Crippen LogP contribution >= 0.6 is 0 Å². The van der Waals surface area contributed by atoms with Crippen molar-refractivity contribution in [3.8, 4) is 0 Å². The lowest BCUT2D eigenvalue weighted by Gasteiger charge is -2.27. The molecular weight excluding hydrogens is 196 g/mol. The minimum absolute atomic E-state index is 0.192. The second-order valence-electron chi connectivity index (χ2n) is 4.35. The van der Waals surface area contributed by atoms with E-state index in [1.165, 1.54) is 12.1 Å². The van der Waals surface area contributed by atoms with E-state index in [4.69, 9.17) is 5.73 Å². The predicted molar refractivity (Wildman–Crippen MR) is 55.6 cm³/mol. The van der Waals surface area contributed by atoms with Gasteiger partial charge in [0.2, 0.25) is 0 Å². The molecule has 0 amide bonds. The quantitative estimate of drug-likeness (QED) is 0.799. The summed E-state index contributed by atoms with van der Waals surface area (Å²) < 4.78 is 26.2. The normalized spacial score (nSPS) is 19.4. The van der Waals surface area contributed by atoms with Crippen LogP contribution in [0, 0.1) is 11.6 Å². The van der Waals surface area contributed by atoms with Crippen molar-refractivity contribution < 1.29 is 8.78 Å². The van der Waals surface area contributed by atoms with E-state index in [0.29, 0.717) is 6.54 Å². The third-order valence-electron chi connectivity index (χ3n) is 3.43. The lowest BCUT2D eigenvalue weighted by Crippen LogP contribution is -2.32. The highest BCUT2D eigenvalue weighted by Crippen LogP contribution is 2.40. The van der Waals surface area contributed by atoms with Crippen molar-refractivity contribution in [1.82, 2.24) is 0 Å². The van der Waals surface area contributed by atoms with E-state index in [1.807, 2.05) is 0 Å². The molecule has 0 bridgehead atoms. The Balaban J connectivity index is 2.42. The van der Waals surface area contributed by atoms with E-state index in [9.17, 15) is 8.78 Å². The first-order valence-electron chi connectivity index (χ1n) is 5.33. The summed E-state index contributed by atoms with van der Waals surface area (Å²) in [7, 11) is 0. The van der Waals surface area contributed by atoms with Gasteiger partial charge < -0.3 is 5.73 Å². The zero-order chi connectivity index (χ0) is 10.9. The van der Waals surface area contributed by atoms with Crippen molar-refractivity contribution in [1.29, 1.82) is 0 Å². The molecule has 2 N–H and O–H groups in total. The second kappa shape index (κ2) is 3.89. The Morgan fingerprint density at radius 1 is 1.07 bits per heavy atom. The number of nitrogens with two attached hydrogens (primary N) is 1. The molecule has 0 atom stereocenters. The molecule has 82 valence electrons. The van der Waals surface area contributed by atoms with Gasteiger partial charge in [-0.05, 0) is 30.5 Å². The van der Waals surface area contributed by atoms with Crippen LogP contribution in [0.25, 0.3) is 0 Å². The van der Waals surface area contributed by atoms with E-state index >= 15 is 0 Å². The molecule has 0 aliphatic heterocycles. The molecule has 0 heterocycles. The third kappa shape index (κ3) is 1.88. The Bertz CT molecular complexity index is 336. The van der Waals surface area contributed by atoms with E-state index in [1.54, 1.807) is 0 Å². The monoisotopic (exact) mass is 211 g/mol. The molecular formula is C12H15F2N. The van der Waals surface area contributed by atoms with Crippen LogP contribution in [-0.4, -0.2) is 6.54 Å². The van der Waals surface area contributed by atoms with E-state index in [-0.39, 0.29) is 5.41 Å². The molecule has 0 unspecified atom stereocenters. The highest BCUT2D eigenvalue weighted by molar-refractivity contribution is 5.28. The number of rotatable bonds is 2. The van der Waals surface area contributed by atoms with Crippen molar-refractivity contribution in [2.24, 2.45) is 5.73 Å². The van der Waals surface area contributed by atoms with Crippen molar-refractivity contribution in [2.45, 2.75) is 31.1 Å². The van der Waals surface area contributed by atoms with Crippen LogP contribution in [0.2, 0.25) is 0 Å². The van der Waals surface area contributed by atoms with Gasteiger partial charge in [0.15, 0.2) is 0 Å². The van der Waals surface area contributed by atoms with Crippen LogP contribution < -0.4 is 5.73 Å². The summed E-state index contributed by atoms with van der Waals surface area (Å²) in [6.07, 6.45) is 4.06. The number of benzene rings is 1. The fourth-order valence-corrected chi connectivity index (χ4v) is 2.52. The van der Waals surface area contributed by atoms with Crippen LogP contribution in [0.15, 0.2) is 18.2 Å². The van der Waals surface area contributed by atoms with Gasteiger partial charge in [-0.3, -0.25) is 0 Å². The highest BCUT2D eigenvalue weighted by atomic mass is 19.1. The molecule has 0 radical (unpaired) electrons. The second-order valence-corrected chi connectivity index (χ2v) is 4.35. The van der Waals surface area contributed by atoms with Crippen molar-refractivity contribution >= 4 is 0 Å². The van der Waals surface area contributed by atoms with Crippen molar-refractivity contribution in [3.63, 3.8) is 0 Å². The maximum atomic E-state index is 13.1. The number of hydrogen-bond donors (Lipinski definition) is 1. The third-order valence-corrected chi connectivity index (χ3v) is 3.43. The maximum Gasteiger partial charge on any atom is 0.126 e. The van der Waals surface area contributed by atoms with Gasteiger partial charge in [-0.2, -0.15) is 0 Å². The van der Waals surface area contributed by atoms with Crippen LogP contribution in [-0.2, 0) is 5.41 Å². The smallest absolute Gasteiger partial charge is 0.126 e. The molecule has 1 aromatic rings. The Hall–Kier alpha value is -0.960. The molecule has 0 aromatic heterocycles. The standard InChI is InChI=1S/C12H15F2N/c13-10-5-9(6-11(14)7-10)12(8-15)3-1-2-4-12/h5-7H,1-4,8,15H2. The summed E-state index contributed by atoms with van der Waals surface area (Å²) in [5.41, 5.74) is 6.29. The zero-order valence-corrected chi connectivity index (χ0v) is 8.60. The van der Waals surface area contributed by atoms with Gasteiger partial charge in [0, 0.05) is 18.0 Å². The predicted octanol–water partition coefficient (Wildman–Crippen LogP) is 2.74. The van der Waals surface area contributed by atoms with Gasteiger partial charge in [-0.1, -0.05) is 12.8 Å². The van der Waals surface area contributed by atoms with Crippen LogP contribution in [0.1, 0.15) is 31.2 Å². The fourth-order valence-electron chi connectivity index (χ4n) is 2.52. The lowest BCUT2D eigenvalue weighted by molar-refractivity contribution is 0.445. The van der Waals surface area contributed by atoms with E-state index < -0.39 is 11.6 Å². The largest absolute Gasteiger partial charge is 0.330 e. The Morgan fingerprint density at radius 3 is 2.07 bits per heavy atom. The molecule has 2 rings (SSSR count). The van der Waals surface area contributed by atoms with Gasteiger partial charge in [0.1, 0.15) is 11.6 Å². The van der Waals surface area contributed by atoms with Crippen molar-refractivity contribution in [2.75, 3.05) is 6.54 Å². The SMILES string of the molecule is NCC1(c2cc(F)cc(F)c2)CCCC1. The van der Waals surface area contributed by atoms with Crippen molar-refractivity contribution in [3.05, 3.63) is 35.4 Å². The summed E-state index contributed by atoms with van der Waals surface area (Å²) in [5, 5.41) is 0. The molecule has 0 spiro atoms. The number of halogens is 2. The fraction of sp³-hybridized carbons (Fsp3) is 0.500. The molecule has 0 saturated heterocycles. The van der Waals surface area contributed by atoms with E-state index in [2.05, 4.69) is 0 Å². The first kappa shape index (κ1) is 10.6. The van der Waals surface area contributed by atoms with Gasteiger partial charge in [0.25, 0.3) is 0 Å². The molecule has 1 saturated carbocycles. The minimum Gasteiger partial charge on any atom is -0.330 e. The van der Waals surface area contributed by atoms with Gasteiger partial charge in [-0.25, -0.2) is 8.78 Å². The number of hydrogen-bond acceptors (Lipinski definition) is 1. The average Bonchev–Trinajstić information content (AvgIpc) is 2.65. The Kier molecular flexibility index (Phi) is 2.74. The first-order valence-corrected chi connectivity index (χ1v) is 5.33. The molecule has 3 heteroatoms. The highest BCUT2D eigenvalue weighted by Gasteiger charge is 2.34. The average molecular weight is 211 g/mol. The first-order chi connectivity index (χ1) is 7.16. The van der Waals surface area contributed by atoms with Gasteiger partial charge in [-0.15, -0.1) is 0 Å². The zero-order valence-electron chi connectivity index (χ0n) is 8.60. The van der Waals surface area contributed by atoms with E-state index in [0.717, 1.165) is 37.3 Å². The van der Waals surface area contributed by atoms with Crippen LogP contribution in [0.4, 0.5) is 8.78 Å². The Labute approximate surface area is 88.3 Å². The molecule has 15 heavy (non-hydrogen) atoms. The molecule has 1 aromatic carbocycles. The summed E-state index contributed by atoms with van der Waals surface area (Å²) in [4.78, 5) is 0. The summed E-state index contributed by atoms with van der Waals surface area (Å²) in [6, 6.07) is 3.74. The maximum absolute atomic E-state index is 13.1. The summed E-state index contributed by atoms with van der Waals surface area (Å²) in [5.74, 6) is -1.02. The van der Waals surface area contributed by atoms with Gasteiger partial charge >= 0.3 is 0 Å². The molecule has 1 aliphatic carbocycles. The Morgan fingerprint density at radius 2 is 1.60 bits per heavy atom. The van der Waals surface area contributed by atoms with Crippen LogP contribution in [0.5, 0.6) is 0 Å². The topological polar surface area (TPSA) is 26.0 Å². The molecule has 1 nitrogen and oxygen atoms in total. The molecule has 1 fully saturated rings. The minimum atomic E-state index is -0.510. The summed E-state index contributed by atoms with van der Waals surface area (Å²) in [6.45, 7) is 0.468.